The predicted molar refractivity (Wildman–Crippen MR) is 60.3 cm³/mol. The van der Waals surface area contributed by atoms with Gasteiger partial charge in [0.25, 0.3) is 11.6 Å². The summed E-state index contributed by atoms with van der Waals surface area (Å²) in [7, 11) is 0. The molecule has 1 saturated heterocycles. The summed E-state index contributed by atoms with van der Waals surface area (Å²) in [6.07, 6.45) is 0.198. The van der Waals surface area contributed by atoms with Gasteiger partial charge in [-0.1, -0.05) is 0 Å². The third kappa shape index (κ3) is 2.29. The number of benzene rings is 1. The van der Waals surface area contributed by atoms with Gasteiger partial charge in [0, 0.05) is 30.7 Å². The number of non-ortho nitro benzene ring substituents is 1. The van der Waals surface area contributed by atoms with Gasteiger partial charge in [-0.25, -0.2) is 8.78 Å². The van der Waals surface area contributed by atoms with Gasteiger partial charge >= 0.3 is 0 Å². The van der Waals surface area contributed by atoms with E-state index in [0.717, 1.165) is 6.07 Å². The maximum absolute atomic E-state index is 13.1. The van der Waals surface area contributed by atoms with Crippen LogP contribution in [0.4, 0.5) is 20.2 Å². The Hall–Kier alpha value is -2.05. The Morgan fingerprint density at radius 1 is 1.44 bits per heavy atom. The Balaban J connectivity index is 2.39. The van der Waals surface area contributed by atoms with E-state index in [4.69, 9.17) is 0 Å². The number of nitro groups is 1. The molecule has 0 aliphatic carbocycles. The van der Waals surface area contributed by atoms with E-state index in [1.54, 1.807) is 0 Å². The summed E-state index contributed by atoms with van der Waals surface area (Å²) >= 11 is 0. The van der Waals surface area contributed by atoms with Crippen molar-refractivity contribution in [1.29, 1.82) is 0 Å². The molecule has 5 nitrogen and oxygen atoms in total. The minimum absolute atomic E-state index is 0.0784. The lowest BCUT2D eigenvalue weighted by Crippen LogP contribution is -2.25. The minimum Gasteiger partial charge on any atom is -0.364 e. The number of nitrogens with zero attached hydrogens (tertiary/aromatic N) is 2. The van der Waals surface area contributed by atoms with Crippen LogP contribution in [-0.2, 0) is 0 Å². The fraction of sp³-hybridized carbons (Fsp3) is 0.364. The van der Waals surface area contributed by atoms with Gasteiger partial charge in [0.2, 0.25) is 0 Å². The zero-order valence-corrected chi connectivity index (χ0v) is 9.31. The zero-order chi connectivity index (χ0) is 13.3. The van der Waals surface area contributed by atoms with Crippen LogP contribution in [0.2, 0.25) is 0 Å². The van der Waals surface area contributed by atoms with Crippen molar-refractivity contribution < 1.29 is 18.5 Å². The summed E-state index contributed by atoms with van der Waals surface area (Å²) in [5, 5.41) is 10.6. The average Bonchev–Trinajstić information content (AvgIpc) is 2.68. The molecular formula is C11H10F2N2O3. The fourth-order valence-corrected chi connectivity index (χ4v) is 1.96. The molecule has 0 saturated carbocycles. The number of alkyl halides is 2. The van der Waals surface area contributed by atoms with Crippen molar-refractivity contribution in [1.82, 2.24) is 0 Å². The third-order valence-corrected chi connectivity index (χ3v) is 2.86. The van der Waals surface area contributed by atoms with Gasteiger partial charge in [0.15, 0.2) is 6.29 Å². The van der Waals surface area contributed by atoms with Gasteiger partial charge in [0.05, 0.1) is 17.2 Å². The van der Waals surface area contributed by atoms with Crippen molar-refractivity contribution in [2.45, 2.75) is 12.3 Å². The zero-order valence-electron chi connectivity index (χ0n) is 9.31. The molecule has 0 radical (unpaired) electrons. The molecule has 0 aromatic heterocycles. The van der Waals surface area contributed by atoms with E-state index in [1.807, 2.05) is 0 Å². The molecule has 0 spiro atoms. The van der Waals surface area contributed by atoms with Crippen LogP contribution in [0.1, 0.15) is 16.8 Å². The average molecular weight is 256 g/mol. The Labute approximate surface area is 101 Å². The van der Waals surface area contributed by atoms with E-state index >= 15 is 0 Å². The van der Waals surface area contributed by atoms with Gasteiger partial charge in [-0.15, -0.1) is 0 Å². The van der Waals surface area contributed by atoms with E-state index in [-0.39, 0.29) is 29.9 Å². The van der Waals surface area contributed by atoms with Crippen LogP contribution < -0.4 is 4.90 Å². The van der Waals surface area contributed by atoms with Gasteiger partial charge in [-0.05, 0) is 6.07 Å². The highest BCUT2D eigenvalue weighted by Gasteiger charge is 2.39. The Bertz CT molecular complexity index is 505. The molecule has 0 unspecified atom stereocenters. The van der Waals surface area contributed by atoms with Crippen LogP contribution in [0.25, 0.3) is 0 Å². The highest BCUT2D eigenvalue weighted by atomic mass is 19.3. The molecule has 2 rings (SSSR count). The molecule has 0 N–H and O–H groups in total. The molecule has 1 aliphatic heterocycles. The lowest BCUT2D eigenvalue weighted by Gasteiger charge is -2.19. The number of hydrogen-bond acceptors (Lipinski definition) is 4. The quantitative estimate of drug-likeness (QED) is 0.472. The smallest absolute Gasteiger partial charge is 0.271 e. The van der Waals surface area contributed by atoms with E-state index in [9.17, 15) is 23.7 Å². The highest BCUT2D eigenvalue weighted by molar-refractivity contribution is 5.85. The minimum atomic E-state index is -2.81. The Kier molecular flexibility index (Phi) is 2.98. The third-order valence-electron chi connectivity index (χ3n) is 2.86. The topological polar surface area (TPSA) is 63.4 Å². The van der Waals surface area contributed by atoms with E-state index in [0.29, 0.717) is 6.29 Å². The molecule has 1 fully saturated rings. The van der Waals surface area contributed by atoms with Gasteiger partial charge in [0.1, 0.15) is 0 Å². The number of rotatable bonds is 3. The summed E-state index contributed by atoms with van der Waals surface area (Å²) in [4.78, 5) is 22.2. The van der Waals surface area contributed by atoms with Crippen LogP contribution in [0.5, 0.6) is 0 Å². The summed E-state index contributed by atoms with van der Waals surface area (Å²) in [5.41, 5.74) is 0.153. The Morgan fingerprint density at radius 3 is 2.67 bits per heavy atom. The molecule has 1 heterocycles. The number of hydrogen-bond donors (Lipinski definition) is 0. The van der Waals surface area contributed by atoms with Gasteiger partial charge < -0.3 is 4.90 Å². The fourth-order valence-electron chi connectivity index (χ4n) is 1.96. The van der Waals surface area contributed by atoms with Crippen LogP contribution >= 0.6 is 0 Å². The lowest BCUT2D eigenvalue weighted by atomic mass is 10.1. The first-order chi connectivity index (χ1) is 8.43. The van der Waals surface area contributed by atoms with Crippen LogP contribution in [0.15, 0.2) is 18.2 Å². The van der Waals surface area contributed by atoms with E-state index in [2.05, 4.69) is 0 Å². The normalized spacial score (nSPS) is 17.8. The first-order valence-electron chi connectivity index (χ1n) is 5.29. The summed E-state index contributed by atoms with van der Waals surface area (Å²) in [5.74, 6) is -2.81. The summed E-state index contributed by atoms with van der Waals surface area (Å²) < 4.78 is 26.2. The molecule has 0 amide bonds. The second-order valence-electron chi connectivity index (χ2n) is 4.15. The van der Waals surface area contributed by atoms with Crippen LogP contribution in [0, 0.1) is 10.1 Å². The SMILES string of the molecule is O=Cc1ccc([N+](=O)[O-])cc1N1CCC(F)(F)C1. The highest BCUT2D eigenvalue weighted by Crippen LogP contribution is 2.33. The predicted octanol–water partition coefficient (Wildman–Crippen LogP) is 2.25. The second-order valence-corrected chi connectivity index (χ2v) is 4.15. The number of nitro benzene ring substituents is 1. The standard InChI is InChI=1S/C11H10F2N2O3/c12-11(13)3-4-14(7-11)10-5-9(15(17)18)2-1-8(10)6-16/h1-2,5-6H,3-4,7H2. The van der Waals surface area contributed by atoms with Crippen molar-refractivity contribution in [2.24, 2.45) is 0 Å². The molecule has 0 bridgehead atoms. The van der Waals surface area contributed by atoms with Crippen LogP contribution in [0.3, 0.4) is 0 Å². The van der Waals surface area contributed by atoms with Crippen molar-refractivity contribution in [3.8, 4) is 0 Å². The van der Waals surface area contributed by atoms with Crippen molar-refractivity contribution >= 4 is 17.7 Å². The maximum atomic E-state index is 13.1. The largest absolute Gasteiger partial charge is 0.364 e. The molecule has 1 aromatic carbocycles. The first kappa shape index (κ1) is 12.4. The maximum Gasteiger partial charge on any atom is 0.271 e. The number of aldehydes is 1. The van der Waals surface area contributed by atoms with Crippen molar-refractivity contribution in [3.05, 3.63) is 33.9 Å². The number of anilines is 1. The van der Waals surface area contributed by atoms with Gasteiger partial charge in [-0.3, -0.25) is 14.9 Å². The Morgan fingerprint density at radius 2 is 2.17 bits per heavy atom. The molecule has 96 valence electrons. The number of carbonyl (C=O) groups excluding carboxylic acids is 1. The van der Waals surface area contributed by atoms with E-state index < -0.39 is 17.4 Å². The lowest BCUT2D eigenvalue weighted by molar-refractivity contribution is -0.384. The van der Waals surface area contributed by atoms with Crippen molar-refractivity contribution in [2.75, 3.05) is 18.0 Å². The van der Waals surface area contributed by atoms with Crippen LogP contribution in [-0.4, -0.2) is 30.2 Å². The molecular weight excluding hydrogens is 246 g/mol. The second kappa shape index (κ2) is 4.32. The molecule has 18 heavy (non-hydrogen) atoms. The molecule has 0 atom stereocenters. The molecule has 1 aliphatic rings. The van der Waals surface area contributed by atoms with E-state index in [1.165, 1.54) is 17.0 Å². The first-order valence-corrected chi connectivity index (χ1v) is 5.29. The monoisotopic (exact) mass is 256 g/mol. The summed E-state index contributed by atoms with van der Waals surface area (Å²) in [6, 6.07) is 3.61. The number of carbonyl (C=O) groups is 1. The van der Waals surface area contributed by atoms with Crippen molar-refractivity contribution in [3.63, 3.8) is 0 Å². The molecule has 7 heteroatoms. The van der Waals surface area contributed by atoms with Gasteiger partial charge in [-0.2, -0.15) is 0 Å². The molecule has 1 aromatic rings. The summed E-state index contributed by atoms with van der Waals surface area (Å²) in [6.45, 7) is -0.440. The number of halogens is 2.